The van der Waals surface area contributed by atoms with Gasteiger partial charge in [0.15, 0.2) is 0 Å². The van der Waals surface area contributed by atoms with Crippen LogP contribution < -0.4 is 5.32 Å². The van der Waals surface area contributed by atoms with Crippen molar-refractivity contribution >= 4 is 0 Å². The van der Waals surface area contributed by atoms with E-state index < -0.39 is 23.2 Å². The van der Waals surface area contributed by atoms with Gasteiger partial charge in [-0.05, 0) is 19.9 Å². The molecule has 0 bridgehead atoms. The third-order valence-electron chi connectivity index (χ3n) is 2.69. The van der Waals surface area contributed by atoms with Gasteiger partial charge in [-0.25, -0.2) is 8.78 Å². The Kier molecular flexibility index (Phi) is 4.56. The SMILES string of the molecule is CC(NC(C)(CO)CO)c1ccc(F)cc1F. The first kappa shape index (κ1) is 14.0. The summed E-state index contributed by atoms with van der Waals surface area (Å²) >= 11 is 0. The summed E-state index contributed by atoms with van der Waals surface area (Å²) in [5, 5.41) is 21.1. The summed E-state index contributed by atoms with van der Waals surface area (Å²) in [6, 6.07) is 2.88. The summed E-state index contributed by atoms with van der Waals surface area (Å²) in [5.41, 5.74) is -0.611. The Morgan fingerprint density at radius 3 is 2.35 bits per heavy atom. The summed E-state index contributed by atoms with van der Waals surface area (Å²) < 4.78 is 26.2. The van der Waals surface area contributed by atoms with E-state index >= 15 is 0 Å². The highest BCUT2D eigenvalue weighted by molar-refractivity contribution is 5.22. The van der Waals surface area contributed by atoms with Crippen LogP contribution in [-0.4, -0.2) is 29.0 Å². The molecule has 0 spiro atoms. The zero-order valence-electron chi connectivity index (χ0n) is 9.87. The van der Waals surface area contributed by atoms with E-state index in [1.807, 2.05) is 0 Å². The van der Waals surface area contributed by atoms with Crippen molar-refractivity contribution < 1.29 is 19.0 Å². The largest absolute Gasteiger partial charge is 0.394 e. The monoisotopic (exact) mass is 245 g/mol. The van der Waals surface area contributed by atoms with Crippen LogP contribution in [0.1, 0.15) is 25.5 Å². The predicted octanol–water partition coefficient (Wildman–Crippen LogP) is 1.36. The maximum absolute atomic E-state index is 13.5. The maximum Gasteiger partial charge on any atom is 0.130 e. The van der Waals surface area contributed by atoms with E-state index in [9.17, 15) is 8.78 Å². The van der Waals surface area contributed by atoms with Crippen LogP contribution in [0.4, 0.5) is 8.78 Å². The minimum absolute atomic E-state index is 0.281. The summed E-state index contributed by atoms with van der Waals surface area (Å²) in [5.74, 6) is -1.28. The van der Waals surface area contributed by atoms with Gasteiger partial charge >= 0.3 is 0 Å². The number of hydrogen-bond donors (Lipinski definition) is 3. The molecule has 96 valence electrons. The molecule has 0 saturated carbocycles. The van der Waals surface area contributed by atoms with Gasteiger partial charge in [0.05, 0.1) is 18.8 Å². The van der Waals surface area contributed by atoms with Gasteiger partial charge in [0.25, 0.3) is 0 Å². The Labute approximate surface area is 99.1 Å². The molecule has 0 amide bonds. The Hall–Kier alpha value is -1.04. The second kappa shape index (κ2) is 5.53. The molecule has 1 atom stereocenters. The number of nitrogens with one attached hydrogen (secondary N) is 1. The first-order chi connectivity index (χ1) is 7.91. The molecular formula is C12H17F2NO2. The second-order valence-corrected chi connectivity index (χ2v) is 4.41. The summed E-state index contributed by atoms with van der Waals surface area (Å²) in [7, 11) is 0. The Morgan fingerprint density at radius 2 is 1.88 bits per heavy atom. The molecule has 17 heavy (non-hydrogen) atoms. The van der Waals surface area contributed by atoms with E-state index in [1.165, 1.54) is 12.1 Å². The van der Waals surface area contributed by atoms with E-state index in [1.54, 1.807) is 13.8 Å². The molecule has 0 aliphatic heterocycles. The molecule has 0 heterocycles. The average Bonchev–Trinajstić information content (AvgIpc) is 2.28. The molecule has 1 aromatic rings. The van der Waals surface area contributed by atoms with Crippen molar-refractivity contribution in [3.63, 3.8) is 0 Å². The van der Waals surface area contributed by atoms with Gasteiger partial charge in [-0.1, -0.05) is 6.07 Å². The lowest BCUT2D eigenvalue weighted by Crippen LogP contribution is -2.50. The van der Waals surface area contributed by atoms with Crippen molar-refractivity contribution in [2.45, 2.75) is 25.4 Å². The topological polar surface area (TPSA) is 52.5 Å². The maximum atomic E-state index is 13.5. The molecule has 0 aliphatic carbocycles. The van der Waals surface area contributed by atoms with Crippen LogP contribution in [0.25, 0.3) is 0 Å². The third-order valence-corrected chi connectivity index (χ3v) is 2.69. The van der Waals surface area contributed by atoms with Crippen molar-refractivity contribution in [2.75, 3.05) is 13.2 Å². The molecule has 0 saturated heterocycles. The fraction of sp³-hybridized carbons (Fsp3) is 0.500. The van der Waals surface area contributed by atoms with Gasteiger partial charge in [-0.2, -0.15) is 0 Å². The number of halogens is 2. The van der Waals surface area contributed by atoms with Crippen LogP contribution in [0.2, 0.25) is 0 Å². The third kappa shape index (κ3) is 3.46. The van der Waals surface area contributed by atoms with E-state index in [0.717, 1.165) is 6.07 Å². The lowest BCUT2D eigenvalue weighted by molar-refractivity contribution is 0.0953. The van der Waals surface area contributed by atoms with E-state index in [2.05, 4.69) is 5.32 Å². The molecule has 0 aromatic heterocycles. The molecule has 0 fully saturated rings. The van der Waals surface area contributed by atoms with Crippen LogP contribution in [0.5, 0.6) is 0 Å². The van der Waals surface area contributed by atoms with Crippen molar-refractivity contribution in [1.29, 1.82) is 0 Å². The minimum atomic E-state index is -0.903. The molecule has 0 radical (unpaired) electrons. The average molecular weight is 245 g/mol. The fourth-order valence-electron chi connectivity index (χ4n) is 1.59. The first-order valence-corrected chi connectivity index (χ1v) is 5.36. The van der Waals surface area contributed by atoms with Crippen LogP contribution in [-0.2, 0) is 0 Å². The van der Waals surface area contributed by atoms with E-state index in [0.29, 0.717) is 5.56 Å². The van der Waals surface area contributed by atoms with E-state index in [-0.39, 0.29) is 13.2 Å². The highest BCUT2D eigenvalue weighted by Gasteiger charge is 2.25. The Bertz CT molecular complexity index is 381. The summed E-state index contributed by atoms with van der Waals surface area (Å²) in [6.07, 6.45) is 0. The number of rotatable bonds is 5. The molecule has 3 nitrogen and oxygen atoms in total. The normalized spacial score (nSPS) is 13.8. The van der Waals surface area contributed by atoms with Gasteiger partial charge in [0.2, 0.25) is 0 Å². The van der Waals surface area contributed by atoms with Gasteiger partial charge in [-0.3, -0.25) is 0 Å². The van der Waals surface area contributed by atoms with Crippen LogP contribution in [0.3, 0.4) is 0 Å². The molecule has 1 unspecified atom stereocenters. The van der Waals surface area contributed by atoms with Crippen molar-refractivity contribution in [3.05, 3.63) is 35.4 Å². The zero-order valence-corrected chi connectivity index (χ0v) is 9.87. The predicted molar refractivity (Wildman–Crippen MR) is 60.5 cm³/mol. The van der Waals surface area contributed by atoms with E-state index in [4.69, 9.17) is 10.2 Å². The highest BCUT2D eigenvalue weighted by atomic mass is 19.1. The standard InChI is InChI=1S/C12H17F2NO2/c1-8(15-12(2,6-16)7-17)10-4-3-9(13)5-11(10)14/h3-5,8,15-17H,6-7H2,1-2H3. The number of benzene rings is 1. The molecule has 1 aromatic carbocycles. The number of aliphatic hydroxyl groups is 2. The molecule has 3 N–H and O–H groups in total. The number of aliphatic hydroxyl groups excluding tert-OH is 2. The molecule has 1 rings (SSSR count). The van der Waals surface area contributed by atoms with Gasteiger partial charge in [0, 0.05) is 17.7 Å². The molecular weight excluding hydrogens is 228 g/mol. The minimum Gasteiger partial charge on any atom is -0.394 e. The Balaban J connectivity index is 2.86. The quantitative estimate of drug-likeness (QED) is 0.734. The zero-order chi connectivity index (χ0) is 13.1. The Morgan fingerprint density at radius 1 is 1.29 bits per heavy atom. The van der Waals surface area contributed by atoms with Gasteiger partial charge < -0.3 is 15.5 Å². The van der Waals surface area contributed by atoms with Crippen LogP contribution in [0, 0.1) is 11.6 Å². The lowest BCUT2D eigenvalue weighted by atomic mass is 10.0. The molecule has 0 aliphatic rings. The van der Waals surface area contributed by atoms with Crippen LogP contribution >= 0.6 is 0 Å². The van der Waals surface area contributed by atoms with Gasteiger partial charge in [0.1, 0.15) is 11.6 Å². The lowest BCUT2D eigenvalue weighted by Gasteiger charge is -2.30. The van der Waals surface area contributed by atoms with Crippen molar-refractivity contribution in [3.8, 4) is 0 Å². The number of hydrogen-bond acceptors (Lipinski definition) is 3. The second-order valence-electron chi connectivity index (χ2n) is 4.41. The first-order valence-electron chi connectivity index (χ1n) is 5.36. The highest BCUT2D eigenvalue weighted by Crippen LogP contribution is 2.20. The van der Waals surface area contributed by atoms with Crippen molar-refractivity contribution in [1.82, 2.24) is 5.32 Å². The molecule has 5 heteroatoms. The van der Waals surface area contributed by atoms with Crippen molar-refractivity contribution in [2.24, 2.45) is 0 Å². The summed E-state index contributed by atoms with van der Waals surface area (Å²) in [6.45, 7) is 2.73. The smallest absolute Gasteiger partial charge is 0.130 e. The fourth-order valence-corrected chi connectivity index (χ4v) is 1.59. The van der Waals surface area contributed by atoms with Crippen LogP contribution in [0.15, 0.2) is 18.2 Å². The summed E-state index contributed by atoms with van der Waals surface area (Å²) in [4.78, 5) is 0. The van der Waals surface area contributed by atoms with Gasteiger partial charge in [-0.15, -0.1) is 0 Å².